The molecule has 106 valence electrons. The van der Waals surface area contributed by atoms with Crippen LogP contribution in [0.4, 0.5) is 0 Å². The van der Waals surface area contributed by atoms with Crippen LogP contribution in [0.3, 0.4) is 0 Å². The summed E-state index contributed by atoms with van der Waals surface area (Å²) in [6, 6.07) is -0.157. The second kappa shape index (κ2) is 5.54. The number of fused-ring (bicyclic) bond motifs is 1. The van der Waals surface area contributed by atoms with E-state index in [9.17, 15) is 19.5 Å². The van der Waals surface area contributed by atoms with Gasteiger partial charge < -0.3 is 10.4 Å². The first-order chi connectivity index (χ1) is 9.47. The Labute approximate surface area is 120 Å². The third-order valence-corrected chi connectivity index (χ3v) is 4.02. The van der Waals surface area contributed by atoms with E-state index in [1.54, 1.807) is 18.4 Å². The van der Waals surface area contributed by atoms with Crippen molar-refractivity contribution in [3.8, 4) is 0 Å². The molecule has 2 rings (SSSR count). The molecule has 0 aliphatic carbocycles. The first kappa shape index (κ1) is 14.4. The summed E-state index contributed by atoms with van der Waals surface area (Å²) in [5.41, 5.74) is 0.702. The number of carboxylic acids is 1. The van der Waals surface area contributed by atoms with Crippen LogP contribution in [0.2, 0.25) is 0 Å². The summed E-state index contributed by atoms with van der Waals surface area (Å²) in [7, 11) is 0. The van der Waals surface area contributed by atoms with Gasteiger partial charge in [-0.3, -0.25) is 14.5 Å². The number of nitrogens with zero attached hydrogens (tertiary/aromatic N) is 1. The van der Waals surface area contributed by atoms with E-state index in [4.69, 9.17) is 0 Å². The molecule has 2 N–H and O–H groups in total. The predicted molar refractivity (Wildman–Crippen MR) is 74.2 cm³/mol. The molecule has 1 fully saturated rings. The minimum absolute atomic E-state index is 0.0445. The molecule has 0 spiro atoms. The van der Waals surface area contributed by atoms with Crippen molar-refractivity contribution in [2.75, 3.05) is 0 Å². The molecule has 0 aromatic carbocycles. The lowest BCUT2D eigenvalue weighted by molar-refractivity contribution is -0.142. The molecular formula is C13H14N2O4S. The fourth-order valence-electron chi connectivity index (χ4n) is 2.27. The lowest BCUT2D eigenvalue weighted by atomic mass is 9.94. The first-order valence-corrected chi connectivity index (χ1v) is 6.90. The van der Waals surface area contributed by atoms with Crippen LogP contribution in [0.25, 0.3) is 0 Å². The minimum atomic E-state index is -1.11. The molecule has 6 nitrogen and oxygen atoms in total. The van der Waals surface area contributed by atoms with Crippen LogP contribution in [-0.4, -0.2) is 33.8 Å². The molecule has 2 amide bonds. The van der Waals surface area contributed by atoms with Gasteiger partial charge in [0.05, 0.1) is 6.04 Å². The van der Waals surface area contributed by atoms with Gasteiger partial charge in [-0.2, -0.15) is 0 Å². The molecule has 2 heterocycles. The number of carbonyl (C=O) groups excluding carboxylic acids is 2. The SMILES string of the molecule is C/C=C1\C(=O)N2C(C(=O)O)=C(SC=CNC(C)=O)C[C@H]12. The van der Waals surface area contributed by atoms with Gasteiger partial charge in [-0.05, 0) is 12.3 Å². The van der Waals surface area contributed by atoms with Gasteiger partial charge in [0.2, 0.25) is 5.91 Å². The standard InChI is InChI=1S/C13H14N2O4S/c1-3-8-9-6-10(20-5-4-14-7(2)16)11(13(18)19)15(9)12(8)17/h3-5,9H,6H2,1-2H3,(H,14,16)(H,18,19)/b5-4?,8-3-/t9-/m1/s1. The number of carboxylic acid groups (broad SMARTS) is 1. The molecule has 20 heavy (non-hydrogen) atoms. The van der Waals surface area contributed by atoms with E-state index in [0.29, 0.717) is 16.9 Å². The van der Waals surface area contributed by atoms with Gasteiger partial charge in [-0.1, -0.05) is 17.8 Å². The van der Waals surface area contributed by atoms with Crippen molar-refractivity contribution in [2.45, 2.75) is 26.3 Å². The number of hydrogen-bond donors (Lipinski definition) is 2. The summed E-state index contributed by atoms with van der Waals surface area (Å²) in [5, 5.41) is 13.3. The Bertz CT molecular complexity index is 577. The number of hydrogen-bond acceptors (Lipinski definition) is 4. The van der Waals surface area contributed by atoms with Crippen LogP contribution in [0.1, 0.15) is 20.3 Å². The summed E-state index contributed by atoms with van der Waals surface area (Å²) in [4.78, 5) is 35.8. The largest absolute Gasteiger partial charge is 0.477 e. The van der Waals surface area contributed by atoms with Crippen molar-refractivity contribution in [1.82, 2.24) is 10.2 Å². The fraction of sp³-hybridized carbons (Fsp3) is 0.308. The van der Waals surface area contributed by atoms with E-state index < -0.39 is 5.97 Å². The zero-order valence-electron chi connectivity index (χ0n) is 11.0. The van der Waals surface area contributed by atoms with E-state index in [1.165, 1.54) is 29.8 Å². The number of allylic oxidation sites excluding steroid dienone is 1. The monoisotopic (exact) mass is 294 g/mol. The molecule has 7 heteroatoms. The third kappa shape index (κ3) is 2.36. The molecular weight excluding hydrogens is 280 g/mol. The third-order valence-electron chi connectivity index (χ3n) is 3.10. The zero-order valence-corrected chi connectivity index (χ0v) is 11.9. The topological polar surface area (TPSA) is 86.7 Å². The number of rotatable bonds is 4. The van der Waals surface area contributed by atoms with Crippen molar-refractivity contribution >= 4 is 29.5 Å². The van der Waals surface area contributed by atoms with E-state index in [0.717, 1.165) is 0 Å². The average Bonchev–Trinajstić information content (AvgIpc) is 2.70. The molecule has 0 radical (unpaired) electrons. The average molecular weight is 294 g/mol. The molecule has 0 aromatic rings. The second-order valence-corrected chi connectivity index (χ2v) is 5.34. The number of nitrogens with one attached hydrogen (secondary N) is 1. The van der Waals surface area contributed by atoms with Crippen LogP contribution in [0, 0.1) is 0 Å². The second-order valence-electron chi connectivity index (χ2n) is 4.34. The first-order valence-electron chi connectivity index (χ1n) is 6.02. The summed E-state index contributed by atoms with van der Waals surface area (Å²) < 4.78 is 0. The summed E-state index contributed by atoms with van der Waals surface area (Å²) >= 11 is 1.21. The van der Waals surface area contributed by atoms with E-state index in [1.807, 2.05) is 0 Å². The van der Waals surface area contributed by atoms with Gasteiger partial charge in [0, 0.05) is 30.0 Å². The van der Waals surface area contributed by atoms with Crippen LogP contribution >= 0.6 is 11.8 Å². The van der Waals surface area contributed by atoms with Gasteiger partial charge in [-0.15, -0.1) is 0 Å². The number of amides is 2. The van der Waals surface area contributed by atoms with Crippen LogP contribution in [0.5, 0.6) is 0 Å². The van der Waals surface area contributed by atoms with Gasteiger partial charge >= 0.3 is 5.97 Å². The number of carbonyl (C=O) groups is 3. The van der Waals surface area contributed by atoms with Crippen molar-refractivity contribution in [3.63, 3.8) is 0 Å². The summed E-state index contributed by atoms with van der Waals surface area (Å²) in [6.45, 7) is 3.16. The Hall–Kier alpha value is -2.02. The molecule has 0 unspecified atom stereocenters. The van der Waals surface area contributed by atoms with Crippen molar-refractivity contribution in [3.05, 3.63) is 33.9 Å². The van der Waals surface area contributed by atoms with Gasteiger partial charge in [0.15, 0.2) is 0 Å². The minimum Gasteiger partial charge on any atom is -0.477 e. The Balaban J connectivity index is 2.15. The fourth-order valence-corrected chi connectivity index (χ4v) is 3.12. The number of thioether (sulfide) groups is 1. The van der Waals surface area contributed by atoms with Crippen molar-refractivity contribution in [2.24, 2.45) is 0 Å². The normalized spacial score (nSPS) is 23.3. The molecule has 2 aliphatic heterocycles. The predicted octanol–water partition coefficient (Wildman–Crippen LogP) is 1.18. The van der Waals surface area contributed by atoms with E-state index >= 15 is 0 Å². The smallest absolute Gasteiger partial charge is 0.353 e. The highest BCUT2D eigenvalue weighted by molar-refractivity contribution is 8.05. The maximum atomic E-state index is 11.8. The summed E-state index contributed by atoms with van der Waals surface area (Å²) in [5.74, 6) is -1.54. The van der Waals surface area contributed by atoms with E-state index in [-0.39, 0.29) is 23.6 Å². The van der Waals surface area contributed by atoms with Crippen LogP contribution in [-0.2, 0) is 14.4 Å². The summed E-state index contributed by atoms with van der Waals surface area (Å²) in [6.07, 6.45) is 3.68. The zero-order chi connectivity index (χ0) is 14.9. The molecule has 0 bridgehead atoms. The quantitative estimate of drug-likeness (QED) is 0.600. The Morgan fingerprint density at radius 2 is 2.20 bits per heavy atom. The van der Waals surface area contributed by atoms with Gasteiger partial charge in [-0.25, -0.2) is 4.79 Å². The highest BCUT2D eigenvalue weighted by Crippen LogP contribution is 2.45. The molecule has 2 aliphatic rings. The lowest BCUT2D eigenvalue weighted by Gasteiger charge is -2.37. The maximum Gasteiger partial charge on any atom is 0.353 e. The molecule has 0 saturated carbocycles. The lowest BCUT2D eigenvalue weighted by Crippen LogP contribution is -2.52. The van der Waals surface area contributed by atoms with Gasteiger partial charge in [0.1, 0.15) is 5.70 Å². The highest BCUT2D eigenvalue weighted by Gasteiger charge is 2.51. The van der Waals surface area contributed by atoms with Crippen LogP contribution in [0.15, 0.2) is 33.9 Å². The highest BCUT2D eigenvalue weighted by atomic mass is 32.2. The molecule has 0 aromatic heterocycles. The number of β-lactam (4-membered cyclic amide) rings is 1. The van der Waals surface area contributed by atoms with E-state index in [2.05, 4.69) is 5.32 Å². The Morgan fingerprint density at radius 3 is 2.75 bits per heavy atom. The van der Waals surface area contributed by atoms with Gasteiger partial charge in [0.25, 0.3) is 5.91 Å². The Morgan fingerprint density at radius 1 is 1.50 bits per heavy atom. The van der Waals surface area contributed by atoms with Crippen molar-refractivity contribution < 1.29 is 19.5 Å². The van der Waals surface area contributed by atoms with Crippen molar-refractivity contribution in [1.29, 1.82) is 0 Å². The number of aliphatic carboxylic acids is 1. The molecule has 1 saturated heterocycles. The van der Waals surface area contributed by atoms with Crippen LogP contribution < -0.4 is 5.32 Å². The maximum absolute atomic E-state index is 11.8. The Kier molecular flexibility index (Phi) is 3.99. The molecule has 1 atom stereocenters.